The van der Waals surface area contributed by atoms with Gasteiger partial charge in [-0.3, -0.25) is 0 Å². The fraction of sp³-hybridized carbons (Fsp3) is 1.00. The molecule has 5 fully saturated rings. The van der Waals surface area contributed by atoms with E-state index >= 15 is 0 Å². The molecule has 0 radical (unpaired) electrons. The van der Waals surface area contributed by atoms with Gasteiger partial charge in [-0.2, -0.15) is 0 Å². The second-order valence-electron chi connectivity index (χ2n) is 12.9. The van der Waals surface area contributed by atoms with Crippen LogP contribution in [0.2, 0.25) is 0 Å². The first kappa shape index (κ1) is 39.4. The number of aliphatic hydroxyl groups excluding tert-OH is 10. The summed E-state index contributed by atoms with van der Waals surface area (Å²) >= 11 is 0. The Morgan fingerprint density at radius 3 is 1.76 bits per heavy atom. The Kier molecular flexibility index (Phi) is 12.9. The molecule has 5 aliphatic heterocycles. The van der Waals surface area contributed by atoms with Crippen molar-refractivity contribution >= 4 is 0 Å². The molecular formula is C28H48O21. The van der Waals surface area contributed by atoms with E-state index in [1.165, 1.54) is 21.0 Å². The lowest BCUT2D eigenvalue weighted by Gasteiger charge is -2.48. The predicted octanol–water partition coefficient (Wildman–Crippen LogP) is -7.30. The van der Waals surface area contributed by atoms with Crippen LogP contribution in [0.15, 0.2) is 0 Å². The van der Waals surface area contributed by atoms with Gasteiger partial charge in [-0.1, -0.05) is 0 Å². The molecule has 49 heavy (non-hydrogen) atoms. The molecule has 5 rings (SSSR count). The van der Waals surface area contributed by atoms with Crippen molar-refractivity contribution in [1.29, 1.82) is 0 Å². The second kappa shape index (κ2) is 16.0. The fourth-order valence-corrected chi connectivity index (χ4v) is 6.27. The van der Waals surface area contributed by atoms with E-state index in [1.54, 1.807) is 0 Å². The molecule has 21 nitrogen and oxygen atoms in total. The van der Waals surface area contributed by atoms with Crippen LogP contribution in [0.3, 0.4) is 0 Å². The standard InChI is InChI=1S/C28H48O21/c1-8-12(32)14(34)15(35)24(44-8)47-19-11(31)5-41-23(16(19)36)46-18-9(2)45-25(49-21-13(33)10(30)4-42-26(21)40-3)17(37)20(18)48-27-22(38)28(39,6-29)7-43-27/h8-27,29-39H,4-7H2,1-3H3/t8-,9-,10-,11+,12-,13-,14+,15+,16+,17+,18-,19-,20-,21+,22-,23-,24-,25-,26-,27-,28+/m0/s1. The lowest BCUT2D eigenvalue weighted by atomic mass is 9.97. The monoisotopic (exact) mass is 720 g/mol. The average Bonchev–Trinajstić information content (AvgIpc) is 3.36. The Morgan fingerprint density at radius 1 is 0.551 bits per heavy atom. The summed E-state index contributed by atoms with van der Waals surface area (Å²) in [5, 5.41) is 115. The van der Waals surface area contributed by atoms with Crippen LogP contribution in [-0.4, -0.2) is 218 Å². The molecule has 0 aliphatic carbocycles. The highest BCUT2D eigenvalue weighted by Crippen LogP contribution is 2.36. The number of aliphatic hydroxyl groups is 11. The first-order valence-corrected chi connectivity index (χ1v) is 15.9. The summed E-state index contributed by atoms with van der Waals surface area (Å²) < 4.78 is 56.1. The number of hydrogen-bond donors (Lipinski definition) is 11. The molecular weight excluding hydrogens is 672 g/mol. The third-order valence-electron chi connectivity index (χ3n) is 9.39. The molecule has 286 valence electrons. The molecule has 0 aromatic heterocycles. The van der Waals surface area contributed by atoms with Gasteiger partial charge in [0.1, 0.15) is 85.0 Å². The largest absolute Gasteiger partial charge is 0.393 e. The van der Waals surface area contributed by atoms with Gasteiger partial charge in [0.25, 0.3) is 0 Å². The van der Waals surface area contributed by atoms with E-state index in [0.29, 0.717) is 0 Å². The van der Waals surface area contributed by atoms with E-state index in [4.69, 9.17) is 47.4 Å². The zero-order valence-electron chi connectivity index (χ0n) is 26.9. The van der Waals surface area contributed by atoms with Crippen molar-refractivity contribution in [2.24, 2.45) is 0 Å². The molecule has 0 amide bonds. The van der Waals surface area contributed by atoms with Gasteiger partial charge in [-0.15, -0.1) is 0 Å². The van der Waals surface area contributed by atoms with Crippen LogP contribution < -0.4 is 0 Å². The van der Waals surface area contributed by atoms with Crippen LogP contribution in [0.5, 0.6) is 0 Å². The molecule has 5 heterocycles. The van der Waals surface area contributed by atoms with Crippen molar-refractivity contribution in [3.05, 3.63) is 0 Å². The van der Waals surface area contributed by atoms with Crippen LogP contribution in [0.25, 0.3) is 0 Å². The zero-order chi connectivity index (χ0) is 35.9. The molecule has 5 aliphatic rings. The van der Waals surface area contributed by atoms with Crippen LogP contribution in [0.1, 0.15) is 13.8 Å². The highest BCUT2D eigenvalue weighted by atomic mass is 16.8. The minimum Gasteiger partial charge on any atom is -0.393 e. The summed E-state index contributed by atoms with van der Waals surface area (Å²) in [7, 11) is 1.26. The van der Waals surface area contributed by atoms with Gasteiger partial charge in [0.2, 0.25) is 0 Å². The van der Waals surface area contributed by atoms with Crippen molar-refractivity contribution in [2.75, 3.05) is 33.5 Å². The fourth-order valence-electron chi connectivity index (χ4n) is 6.27. The van der Waals surface area contributed by atoms with Crippen molar-refractivity contribution in [3.8, 4) is 0 Å². The topological polar surface area (TPSA) is 315 Å². The van der Waals surface area contributed by atoms with Gasteiger partial charge in [0.15, 0.2) is 31.5 Å². The highest BCUT2D eigenvalue weighted by Gasteiger charge is 2.56. The summed E-state index contributed by atoms with van der Waals surface area (Å²) in [6.07, 6.45) is -30.5. The van der Waals surface area contributed by atoms with Gasteiger partial charge >= 0.3 is 0 Å². The number of hydrogen-bond acceptors (Lipinski definition) is 21. The summed E-state index contributed by atoms with van der Waals surface area (Å²) in [5.41, 5.74) is -2.11. The van der Waals surface area contributed by atoms with Gasteiger partial charge in [-0.05, 0) is 13.8 Å². The minimum atomic E-state index is -2.11. The molecule has 11 N–H and O–H groups in total. The van der Waals surface area contributed by atoms with Crippen LogP contribution in [0, 0.1) is 0 Å². The summed E-state index contributed by atoms with van der Waals surface area (Å²) in [6, 6.07) is 0. The molecule has 21 atom stereocenters. The van der Waals surface area contributed by atoms with Crippen LogP contribution in [-0.2, 0) is 47.4 Å². The number of ether oxygens (including phenoxy) is 10. The maximum absolute atomic E-state index is 11.5. The third-order valence-corrected chi connectivity index (χ3v) is 9.39. The Morgan fingerprint density at radius 2 is 1.10 bits per heavy atom. The number of rotatable bonds is 10. The Hall–Kier alpha value is -0.840. The second-order valence-corrected chi connectivity index (χ2v) is 12.9. The molecule has 0 aromatic rings. The third kappa shape index (κ3) is 7.93. The SMILES string of the molecule is CO[C@H]1OC[C@H](O)[C@H](O)[C@H]1O[C@@H]1O[C@@H](C)[C@H](O[C@@H]2OC[C@@H](O)[C@H](O[C@@H]3O[C@@H](C)[C@H](O)[C@@H](O)[C@H]3O)[C@H]2O)[C@@H](O[C@@H]2OC[C@](O)(CO)[C@H]2O)[C@H]1O. The molecule has 5 saturated heterocycles. The van der Waals surface area contributed by atoms with Crippen molar-refractivity contribution < 1.29 is 104 Å². The van der Waals surface area contributed by atoms with Gasteiger partial charge in [0, 0.05) is 7.11 Å². The molecule has 0 spiro atoms. The van der Waals surface area contributed by atoms with Crippen LogP contribution >= 0.6 is 0 Å². The molecule has 0 saturated carbocycles. The van der Waals surface area contributed by atoms with E-state index in [2.05, 4.69) is 0 Å². The van der Waals surface area contributed by atoms with Gasteiger partial charge < -0.3 is 104 Å². The lowest BCUT2D eigenvalue weighted by Crippen LogP contribution is -2.66. The molecule has 0 bridgehead atoms. The highest BCUT2D eigenvalue weighted by molar-refractivity contribution is 4.98. The van der Waals surface area contributed by atoms with Crippen molar-refractivity contribution in [3.63, 3.8) is 0 Å². The van der Waals surface area contributed by atoms with E-state index < -0.39 is 148 Å². The Balaban J connectivity index is 1.35. The minimum absolute atomic E-state index is 0.271. The average molecular weight is 721 g/mol. The molecule has 0 unspecified atom stereocenters. The van der Waals surface area contributed by atoms with E-state index in [0.717, 1.165) is 0 Å². The smallest absolute Gasteiger partial charge is 0.187 e. The summed E-state index contributed by atoms with van der Waals surface area (Å²) in [6.45, 7) is 0.673. The first-order valence-electron chi connectivity index (χ1n) is 15.9. The molecule has 21 heteroatoms. The van der Waals surface area contributed by atoms with Gasteiger partial charge in [0.05, 0.1) is 38.6 Å². The van der Waals surface area contributed by atoms with Crippen molar-refractivity contribution in [1.82, 2.24) is 0 Å². The summed E-state index contributed by atoms with van der Waals surface area (Å²) in [5.74, 6) is 0. The van der Waals surface area contributed by atoms with Crippen molar-refractivity contribution in [2.45, 2.75) is 142 Å². The molecule has 0 aromatic carbocycles. The van der Waals surface area contributed by atoms with E-state index in [9.17, 15) is 56.2 Å². The Bertz CT molecular complexity index is 1060. The Labute approximate surface area is 279 Å². The number of methoxy groups -OCH3 is 1. The normalized spacial score (nSPS) is 54.2. The first-order chi connectivity index (χ1) is 23.1. The quantitative estimate of drug-likeness (QED) is 0.0998. The maximum Gasteiger partial charge on any atom is 0.187 e. The van der Waals surface area contributed by atoms with Gasteiger partial charge in [-0.25, -0.2) is 0 Å². The zero-order valence-corrected chi connectivity index (χ0v) is 26.9. The van der Waals surface area contributed by atoms with E-state index in [-0.39, 0.29) is 6.61 Å². The lowest BCUT2D eigenvalue weighted by molar-refractivity contribution is -0.387. The maximum atomic E-state index is 11.5. The van der Waals surface area contributed by atoms with E-state index in [1.807, 2.05) is 0 Å². The summed E-state index contributed by atoms with van der Waals surface area (Å²) in [4.78, 5) is 0. The van der Waals surface area contributed by atoms with Crippen LogP contribution in [0.4, 0.5) is 0 Å². The predicted molar refractivity (Wildman–Crippen MR) is 150 cm³/mol.